The van der Waals surface area contributed by atoms with Gasteiger partial charge in [0.15, 0.2) is 11.5 Å². The second-order valence-electron chi connectivity index (χ2n) is 11.4. The van der Waals surface area contributed by atoms with E-state index in [2.05, 4.69) is 44.4 Å². The Morgan fingerprint density at radius 1 is 0.923 bits per heavy atom. The van der Waals surface area contributed by atoms with Gasteiger partial charge in [-0.1, -0.05) is 6.42 Å². The maximum Gasteiger partial charge on any atom is 0.163 e. The van der Waals surface area contributed by atoms with Gasteiger partial charge >= 0.3 is 0 Å². The Hall–Kier alpha value is -3.06. The lowest BCUT2D eigenvalue weighted by Crippen LogP contribution is -2.39. The number of fused-ring (bicyclic) bond motifs is 2. The first-order valence-corrected chi connectivity index (χ1v) is 15.1. The third kappa shape index (κ3) is 6.08. The van der Waals surface area contributed by atoms with Crippen molar-refractivity contribution >= 4 is 22.3 Å². The molecule has 0 bridgehead atoms. The molecule has 0 spiro atoms. The Balaban J connectivity index is 1.23. The van der Waals surface area contributed by atoms with E-state index in [1.165, 1.54) is 67.8 Å². The molecule has 7 nitrogen and oxygen atoms in total. The van der Waals surface area contributed by atoms with Gasteiger partial charge in [0.05, 0.1) is 19.2 Å². The van der Waals surface area contributed by atoms with Gasteiger partial charge in [0, 0.05) is 66.6 Å². The molecular formula is C32H43N5O2. The number of aryl methyl sites for hydroxylation is 1. The van der Waals surface area contributed by atoms with Crippen molar-refractivity contribution in [3.8, 4) is 11.5 Å². The first-order valence-electron chi connectivity index (χ1n) is 15.1. The third-order valence-corrected chi connectivity index (χ3v) is 8.74. The first kappa shape index (κ1) is 26.2. The van der Waals surface area contributed by atoms with Crippen molar-refractivity contribution in [3.05, 3.63) is 47.9 Å². The highest BCUT2D eigenvalue weighted by Gasteiger charge is 2.24. The Morgan fingerprint density at radius 3 is 2.51 bits per heavy atom. The predicted molar refractivity (Wildman–Crippen MR) is 158 cm³/mol. The summed E-state index contributed by atoms with van der Waals surface area (Å²) in [5, 5.41) is 5.19. The smallest absolute Gasteiger partial charge is 0.163 e. The van der Waals surface area contributed by atoms with E-state index in [1.807, 2.05) is 12.4 Å². The average Bonchev–Trinajstić information content (AvgIpc) is 3.39. The normalized spacial score (nSPS) is 18.6. The van der Waals surface area contributed by atoms with Crippen molar-refractivity contribution in [1.82, 2.24) is 14.9 Å². The Labute approximate surface area is 232 Å². The molecule has 2 aromatic heterocycles. The maximum atomic E-state index is 6.29. The Kier molecular flexibility index (Phi) is 8.33. The summed E-state index contributed by atoms with van der Waals surface area (Å²) >= 11 is 0. The number of likely N-dealkylation sites (tertiary alicyclic amines) is 1. The van der Waals surface area contributed by atoms with Crippen LogP contribution >= 0.6 is 0 Å². The van der Waals surface area contributed by atoms with Crippen molar-refractivity contribution in [3.63, 3.8) is 0 Å². The zero-order chi connectivity index (χ0) is 26.4. The minimum Gasteiger partial charge on any atom is -0.493 e. The van der Waals surface area contributed by atoms with Gasteiger partial charge in [0.2, 0.25) is 0 Å². The summed E-state index contributed by atoms with van der Waals surface area (Å²) in [7, 11) is 1.75. The molecule has 0 atom stereocenters. The van der Waals surface area contributed by atoms with Crippen LogP contribution in [0.5, 0.6) is 11.5 Å². The van der Waals surface area contributed by atoms with Crippen LogP contribution in [0.4, 0.5) is 11.4 Å². The fraction of sp³-hybridized carbons (Fsp3) is 0.562. The minimum atomic E-state index is 0.438. The summed E-state index contributed by atoms with van der Waals surface area (Å²) in [6, 6.07) is 8.95. The van der Waals surface area contributed by atoms with Gasteiger partial charge in [-0.3, -0.25) is 9.97 Å². The van der Waals surface area contributed by atoms with E-state index in [4.69, 9.17) is 14.5 Å². The van der Waals surface area contributed by atoms with E-state index in [9.17, 15) is 0 Å². The van der Waals surface area contributed by atoms with Crippen molar-refractivity contribution in [1.29, 1.82) is 0 Å². The molecule has 0 saturated carbocycles. The van der Waals surface area contributed by atoms with Crippen molar-refractivity contribution in [2.45, 2.75) is 70.3 Å². The second kappa shape index (κ2) is 12.4. The monoisotopic (exact) mass is 529 g/mol. The number of nitrogens with zero attached hydrogens (tertiary/aromatic N) is 4. The van der Waals surface area contributed by atoms with E-state index in [0.29, 0.717) is 12.6 Å². The lowest BCUT2D eigenvalue weighted by atomic mass is 9.98. The Bertz CT molecular complexity index is 1240. The molecule has 2 fully saturated rings. The molecule has 1 aliphatic carbocycles. The van der Waals surface area contributed by atoms with Crippen molar-refractivity contribution < 1.29 is 9.47 Å². The summed E-state index contributed by atoms with van der Waals surface area (Å²) in [5.41, 5.74) is 6.24. The first-order chi connectivity index (χ1) is 19.3. The molecule has 208 valence electrons. The number of ether oxygens (including phenoxy) is 2. The molecule has 7 heteroatoms. The maximum absolute atomic E-state index is 6.29. The summed E-state index contributed by atoms with van der Waals surface area (Å²) < 4.78 is 12.1. The molecule has 0 unspecified atom stereocenters. The highest BCUT2D eigenvalue weighted by atomic mass is 16.5. The molecule has 3 aromatic rings. The largest absolute Gasteiger partial charge is 0.493 e. The highest BCUT2D eigenvalue weighted by Crippen LogP contribution is 2.40. The van der Waals surface area contributed by atoms with Gasteiger partial charge in [-0.15, -0.1) is 0 Å². The van der Waals surface area contributed by atoms with Crippen molar-refractivity contribution in [2.75, 3.05) is 56.7 Å². The molecular weight excluding hydrogens is 486 g/mol. The number of aromatic nitrogens is 2. The third-order valence-electron chi connectivity index (χ3n) is 8.74. The molecule has 1 N–H and O–H groups in total. The number of piperidine rings is 1. The number of anilines is 2. The topological polar surface area (TPSA) is 62.8 Å². The molecule has 0 radical (unpaired) electrons. The van der Waals surface area contributed by atoms with E-state index in [1.54, 1.807) is 7.11 Å². The molecule has 2 aliphatic heterocycles. The molecule has 39 heavy (non-hydrogen) atoms. The van der Waals surface area contributed by atoms with Gasteiger partial charge in [-0.05, 0) is 94.6 Å². The van der Waals surface area contributed by atoms with E-state index in [-0.39, 0.29) is 0 Å². The summed E-state index contributed by atoms with van der Waals surface area (Å²) in [6.45, 7) is 6.36. The molecule has 3 aliphatic rings. The van der Waals surface area contributed by atoms with E-state index >= 15 is 0 Å². The molecule has 6 rings (SSSR count). The zero-order valence-corrected chi connectivity index (χ0v) is 23.5. The van der Waals surface area contributed by atoms with Gasteiger partial charge < -0.3 is 24.6 Å². The Morgan fingerprint density at radius 2 is 1.72 bits per heavy atom. The lowest BCUT2D eigenvalue weighted by molar-refractivity contribution is 0.254. The van der Waals surface area contributed by atoms with Crippen LogP contribution in [-0.2, 0) is 12.8 Å². The summed E-state index contributed by atoms with van der Waals surface area (Å²) in [4.78, 5) is 14.4. The molecule has 1 aromatic carbocycles. The SMILES string of the molecule is COc1cc2c(NC3CCN(c4ccncc4)CC3)c3c(nc2cc1OCCCN1CCCC1)CCCCC3. The van der Waals surface area contributed by atoms with Gasteiger partial charge in [0.25, 0.3) is 0 Å². The summed E-state index contributed by atoms with van der Waals surface area (Å²) in [5.74, 6) is 1.61. The molecule has 4 heterocycles. The van der Waals surface area contributed by atoms with Crippen LogP contribution in [-0.4, -0.2) is 67.4 Å². The van der Waals surface area contributed by atoms with Crippen LogP contribution in [0.3, 0.4) is 0 Å². The highest BCUT2D eigenvalue weighted by molar-refractivity contribution is 5.96. The number of nitrogens with one attached hydrogen (secondary N) is 1. The van der Waals surface area contributed by atoms with E-state index < -0.39 is 0 Å². The number of pyridine rings is 2. The molecule has 0 amide bonds. The van der Waals surface area contributed by atoms with Crippen LogP contribution in [0.1, 0.15) is 62.6 Å². The minimum absolute atomic E-state index is 0.438. The van der Waals surface area contributed by atoms with Gasteiger partial charge in [-0.25, -0.2) is 0 Å². The average molecular weight is 530 g/mol. The lowest BCUT2D eigenvalue weighted by Gasteiger charge is -2.35. The molecule has 2 saturated heterocycles. The van der Waals surface area contributed by atoms with Crippen LogP contribution in [0.25, 0.3) is 10.9 Å². The quantitative estimate of drug-likeness (QED) is 0.275. The number of rotatable bonds is 9. The van der Waals surface area contributed by atoms with Crippen LogP contribution in [0.2, 0.25) is 0 Å². The number of hydrogen-bond donors (Lipinski definition) is 1. The number of benzene rings is 1. The van der Waals surface area contributed by atoms with Crippen molar-refractivity contribution in [2.24, 2.45) is 0 Å². The fourth-order valence-electron chi connectivity index (χ4n) is 6.56. The fourth-order valence-corrected chi connectivity index (χ4v) is 6.56. The van der Waals surface area contributed by atoms with Crippen LogP contribution in [0, 0.1) is 0 Å². The zero-order valence-electron chi connectivity index (χ0n) is 23.5. The van der Waals surface area contributed by atoms with E-state index in [0.717, 1.165) is 74.1 Å². The van der Waals surface area contributed by atoms with Crippen LogP contribution < -0.4 is 19.7 Å². The second-order valence-corrected chi connectivity index (χ2v) is 11.4. The standard InChI is InChI=1S/C32H43N5O2/c1-38-30-22-27-29(23-31(30)39-21-7-18-36-16-5-6-17-36)35-28-9-4-2-3-8-26(28)32(27)34-24-12-19-37(20-13-24)25-10-14-33-15-11-25/h10-11,14-15,22-24H,2-9,12-13,16-21H2,1H3,(H,34,35). The van der Waals surface area contributed by atoms with Crippen LogP contribution in [0.15, 0.2) is 36.7 Å². The number of methoxy groups -OCH3 is 1. The van der Waals surface area contributed by atoms with Gasteiger partial charge in [0.1, 0.15) is 0 Å². The summed E-state index contributed by atoms with van der Waals surface area (Å²) in [6.07, 6.45) is 15.5. The predicted octanol–water partition coefficient (Wildman–Crippen LogP) is 5.85. The number of hydrogen-bond acceptors (Lipinski definition) is 7. The van der Waals surface area contributed by atoms with Gasteiger partial charge in [-0.2, -0.15) is 0 Å².